The van der Waals surface area contributed by atoms with Crippen LogP contribution in [-0.2, 0) is 20.8 Å². The molecule has 0 fully saturated rings. The van der Waals surface area contributed by atoms with Crippen LogP contribution in [0.5, 0.6) is 0 Å². The molecule has 1 heterocycles. The molecule has 0 unspecified atom stereocenters. The summed E-state index contributed by atoms with van der Waals surface area (Å²) in [6.45, 7) is 2.39. The first-order valence-corrected chi connectivity index (χ1v) is 11.2. The largest absolute Gasteiger partial charge is 0.382 e. The fraction of sp³-hybridized carbons (Fsp3) is 0.261. The summed E-state index contributed by atoms with van der Waals surface area (Å²) in [7, 11) is 1.63. The Morgan fingerprint density at radius 2 is 1.94 bits per heavy atom. The Bertz CT molecular complexity index is 1020. The van der Waals surface area contributed by atoms with Crippen molar-refractivity contribution in [2.24, 2.45) is 16.7 Å². The van der Waals surface area contributed by atoms with Crippen LogP contribution in [0.4, 0.5) is 5.69 Å². The van der Waals surface area contributed by atoms with Crippen molar-refractivity contribution in [2.45, 2.75) is 26.2 Å². The van der Waals surface area contributed by atoms with Gasteiger partial charge in [0.1, 0.15) is 5.84 Å². The highest BCUT2D eigenvalue weighted by Crippen LogP contribution is 2.19. The number of hydrogen-bond acceptors (Lipinski definition) is 7. The molecule has 0 bridgehead atoms. The second-order valence-electron chi connectivity index (χ2n) is 7.14. The summed E-state index contributed by atoms with van der Waals surface area (Å²) < 4.78 is 0. The zero-order valence-electron chi connectivity index (χ0n) is 18.7. The maximum absolute atomic E-state index is 12.8. The van der Waals surface area contributed by atoms with Gasteiger partial charge in [0.15, 0.2) is 5.62 Å². The maximum Gasteiger partial charge on any atom is 0.260 e. The average Bonchev–Trinajstić information content (AvgIpc) is 2.83. The number of nitrogens with two attached hydrogens (primary N) is 2. The Labute approximate surface area is 197 Å². The Morgan fingerprint density at radius 3 is 2.52 bits per heavy atom. The van der Waals surface area contributed by atoms with Gasteiger partial charge in [0.2, 0.25) is 5.91 Å². The smallest absolute Gasteiger partial charge is 0.260 e. The van der Waals surface area contributed by atoms with E-state index in [9.17, 15) is 14.4 Å². The van der Waals surface area contributed by atoms with Gasteiger partial charge in [0.05, 0.1) is 10.6 Å². The second kappa shape index (κ2) is 13.0. The summed E-state index contributed by atoms with van der Waals surface area (Å²) in [6.07, 6.45) is 4.89. The SMILES string of the molecule is CCc1ccc(/C=C(\SC=O)C(=O)N(C)CCCC(=O)Nc2ccc(/C(N)=N/N)cc2)nc1. The van der Waals surface area contributed by atoms with E-state index < -0.39 is 0 Å². The molecule has 0 aliphatic rings. The van der Waals surface area contributed by atoms with Crippen molar-refractivity contribution in [3.8, 4) is 0 Å². The van der Waals surface area contributed by atoms with Crippen LogP contribution < -0.4 is 16.9 Å². The van der Waals surface area contributed by atoms with E-state index >= 15 is 0 Å². The topological polar surface area (TPSA) is 144 Å². The molecule has 5 N–H and O–H groups in total. The van der Waals surface area contributed by atoms with E-state index in [1.165, 1.54) is 4.90 Å². The van der Waals surface area contributed by atoms with Crippen LogP contribution >= 0.6 is 11.8 Å². The normalized spacial score (nSPS) is 11.7. The van der Waals surface area contributed by atoms with Crippen molar-refractivity contribution in [3.05, 3.63) is 64.3 Å². The number of anilines is 1. The summed E-state index contributed by atoms with van der Waals surface area (Å²) in [6, 6.07) is 10.6. The summed E-state index contributed by atoms with van der Waals surface area (Å²) in [5.74, 6) is 4.87. The molecule has 0 radical (unpaired) electrons. The standard InChI is InChI=1S/C23H28N6O3S/c1-3-16-6-9-19(26-14-16)13-20(33-15-30)23(32)29(2)12-4-5-21(31)27-18-10-7-17(8-11-18)22(24)28-25/h6-11,13-15H,3-5,12,25H2,1-2H3,(H2,24,28)(H,27,31)/b20-13-. The van der Waals surface area contributed by atoms with E-state index in [-0.39, 0.29) is 29.0 Å². The molecule has 2 rings (SSSR count). The van der Waals surface area contributed by atoms with Crippen molar-refractivity contribution < 1.29 is 14.4 Å². The molecule has 10 heteroatoms. The van der Waals surface area contributed by atoms with Crippen molar-refractivity contribution in [2.75, 3.05) is 18.9 Å². The van der Waals surface area contributed by atoms with Crippen LogP contribution in [0, 0.1) is 0 Å². The molecule has 0 saturated heterocycles. The number of amidine groups is 1. The van der Waals surface area contributed by atoms with Crippen LogP contribution in [-0.4, -0.2) is 46.7 Å². The number of carbonyl (C=O) groups is 3. The van der Waals surface area contributed by atoms with E-state index in [1.807, 2.05) is 19.1 Å². The number of aromatic nitrogens is 1. The van der Waals surface area contributed by atoms with Gasteiger partial charge >= 0.3 is 0 Å². The number of rotatable bonds is 11. The molecule has 2 amide bonds. The predicted octanol–water partition coefficient (Wildman–Crippen LogP) is 2.36. The van der Waals surface area contributed by atoms with E-state index in [0.717, 1.165) is 23.7 Å². The maximum atomic E-state index is 12.8. The fourth-order valence-electron chi connectivity index (χ4n) is 2.85. The molecule has 0 aliphatic heterocycles. The zero-order valence-corrected chi connectivity index (χ0v) is 19.5. The zero-order chi connectivity index (χ0) is 24.2. The van der Waals surface area contributed by atoms with E-state index in [4.69, 9.17) is 11.6 Å². The first kappa shape index (κ1) is 25.6. The number of hydrazone groups is 1. The number of likely N-dealkylation sites (N-methyl/N-ethyl adjacent to an activating group) is 1. The van der Waals surface area contributed by atoms with Gasteiger partial charge in [-0.3, -0.25) is 19.4 Å². The van der Waals surface area contributed by atoms with Gasteiger partial charge in [0, 0.05) is 37.5 Å². The fourth-order valence-corrected chi connectivity index (χ4v) is 3.40. The summed E-state index contributed by atoms with van der Waals surface area (Å²) in [5.41, 5.74) is 9.21. The highest BCUT2D eigenvalue weighted by atomic mass is 32.2. The number of nitrogens with one attached hydrogen (secondary N) is 1. The third-order valence-corrected chi connectivity index (χ3v) is 5.41. The molecule has 1 aromatic heterocycles. The average molecular weight is 469 g/mol. The summed E-state index contributed by atoms with van der Waals surface area (Å²) in [4.78, 5) is 42.1. The predicted molar refractivity (Wildman–Crippen MR) is 133 cm³/mol. The Morgan fingerprint density at radius 1 is 1.21 bits per heavy atom. The van der Waals surface area contributed by atoms with E-state index in [2.05, 4.69) is 15.4 Å². The lowest BCUT2D eigenvalue weighted by Crippen LogP contribution is -2.29. The number of pyridine rings is 1. The Kier molecular flexibility index (Phi) is 10.1. The molecule has 0 atom stereocenters. The van der Waals surface area contributed by atoms with Crippen molar-refractivity contribution in [1.82, 2.24) is 9.88 Å². The van der Waals surface area contributed by atoms with Crippen LogP contribution in [0.3, 0.4) is 0 Å². The number of thioether (sulfide) groups is 1. The Balaban J connectivity index is 1.88. The molecule has 9 nitrogen and oxygen atoms in total. The molecule has 174 valence electrons. The van der Waals surface area contributed by atoms with Crippen LogP contribution in [0.25, 0.3) is 6.08 Å². The number of nitrogens with zero attached hydrogens (tertiary/aromatic N) is 3. The van der Waals surface area contributed by atoms with Gasteiger partial charge in [0.25, 0.3) is 5.91 Å². The van der Waals surface area contributed by atoms with E-state index in [0.29, 0.717) is 35.5 Å². The van der Waals surface area contributed by atoms with Gasteiger partial charge in [-0.1, -0.05) is 13.0 Å². The van der Waals surface area contributed by atoms with Crippen molar-refractivity contribution in [1.29, 1.82) is 0 Å². The first-order chi connectivity index (χ1) is 15.9. The third-order valence-electron chi connectivity index (χ3n) is 4.77. The summed E-state index contributed by atoms with van der Waals surface area (Å²) >= 11 is 0.809. The van der Waals surface area contributed by atoms with Crippen LogP contribution in [0.15, 0.2) is 52.6 Å². The van der Waals surface area contributed by atoms with E-state index in [1.54, 1.807) is 43.6 Å². The minimum atomic E-state index is -0.302. The molecule has 33 heavy (non-hydrogen) atoms. The number of amides is 2. The summed E-state index contributed by atoms with van der Waals surface area (Å²) in [5, 5.41) is 6.21. The van der Waals surface area contributed by atoms with Crippen molar-refractivity contribution >= 4 is 46.8 Å². The highest BCUT2D eigenvalue weighted by molar-refractivity contribution is 8.16. The highest BCUT2D eigenvalue weighted by Gasteiger charge is 2.16. The molecule has 2 aromatic rings. The van der Waals surface area contributed by atoms with Gasteiger partial charge < -0.3 is 21.8 Å². The molecule has 1 aromatic carbocycles. The number of hydrogen-bond donors (Lipinski definition) is 3. The first-order valence-electron chi connectivity index (χ1n) is 10.3. The van der Waals surface area contributed by atoms with Gasteiger partial charge in [-0.25, -0.2) is 0 Å². The quantitative estimate of drug-likeness (QED) is 0.115. The molecule has 0 spiro atoms. The Hall–Kier alpha value is -3.66. The molecule has 0 aliphatic carbocycles. The monoisotopic (exact) mass is 468 g/mol. The molecular formula is C23H28N6O3S. The minimum Gasteiger partial charge on any atom is -0.382 e. The molecular weight excluding hydrogens is 440 g/mol. The van der Waals surface area contributed by atoms with Gasteiger partial charge in [-0.05, 0) is 66.6 Å². The molecule has 0 saturated carbocycles. The third kappa shape index (κ3) is 8.08. The van der Waals surface area contributed by atoms with Gasteiger partial charge in [-0.2, -0.15) is 5.10 Å². The van der Waals surface area contributed by atoms with Crippen molar-refractivity contribution in [3.63, 3.8) is 0 Å². The van der Waals surface area contributed by atoms with Crippen LogP contribution in [0.2, 0.25) is 0 Å². The lowest BCUT2D eigenvalue weighted by Gasteiger charge is -2.18. The second-order valence-corrected chi connectivity index (χ2v) is 8.01. The number of aryl methyl sites for hydroxylation is 1. The minimum absolute atomic E-state index is 0.178. The van der Waals surface area contributed by atoms with Gasteiger partial charge in [-0.15, -0.1) is 0 Å². The lowest BCUT2D eigenvalue weighted by molar-refractivity contribution is -0.125. The number of carbonyl (C=O) groups excluding carboxylic acids is 3. The lowest BCUT2D eigenvalue weighted by atomic mass is 10.2. The number of benzene rings is 1. The van der Waals surface area contributed by atoms with Crippen LogP contribution in [0.1, 0.15) is 36.6 Å².